The van der Waals surface area contributed by atoms with E-state index >= 15 is 0 Å². The largest absolute Gasteiger partial charge is 0.357 e. The van der Waals surface area contributed by atoms with Crippen molar-refractivity contribution in [2.45, 2.75) is 11.8 Å². The number of nitrogens with zero attached hydrogens (tertiary/aromatic N) is 3. The fourth-order valence-electron chi connectivity index (χ4n) is 2.98. The first-order valence-corrected chi connectivity index (χ1v) is 9.76. The van der Waals surface area contributed by atoms with Crippen LogP contribution in [-0.2, 0) is 10.0 Å². The van der Waals surface area contributed by atoms with Gasteiger partial charge in [0.15, 0.2) is 5.78 Å². The van der Waals surface area contributed by atoms with Crippen LogP contribution in [0.3, 0.4) is 0 Å². The van der Waals surface area contributed by atoms with E-state index in [1.165, 1.54) is 41.6 Å². The smallest absolute Gasteiger partial charge is 0.295 e. The molecule has 0 atom stereocenters. The first-order valence-electron chi connectivity index (χ1n) is 8.32. The van der Waals surface area contributed by atoms with Gasteiger partial charge >= 0.3 is 11.5 Å². The molecule has 2 heterocycles. The fourth-order valence-corrected chi connectivity index (χ4v) is 4.40. The molecular formula is C17H19N4O5S+. The van der Waals surface area contributed by atoms with E-state index in [0.29, 0.717) is 24.5 Å². The standard InChI is InChI=1S/C17H18N4O5S/c1-13(22)14-4-6-15(7-5-14)27(25,26)20-11-9-19(10-12-20)17-16(21(23)24)3-2-8-18-17/h2-8H,9-12H2,1H3/p+1. The van der Waals surface area contributed by atoms with Gasteiger partial charge in [-0.15, -0.1) is 0 Å². The molecule has 0 radical (unpaired) electrons. The van der Waals surface area contributed by atoms with E-state index in [0.717, 1.165) is 0 Å². The molecule has 1 N–H and O–H groups in total. The highest BCUT2D eigenvalue weighted by atomic mass is 32.2. The van der Waals surface area contributed by atoms with Crippen LogP contribution in [0.5, 0.6) is 0 Å². The van der Waals surface area contributed by atoms with E-state index < -0.39 is 14.9 Å². The van der Waals surface area contributed by atoms with Crippen LogP contribution in [0, 0.1) is 10.1 Å². The van der Waals surface area contributed by atoms with Crippen molar-refractivity contribution in [1.29, 1.82) is 0 Å². The molecule has 3 rings (SSSR count). The molecular weight excluding hydrogens is 372 g/mol. The van der Waals surface area contributed by atoms with Gasteiger partial charge in [0.1, 0.15) is 0 Å². The molecule has 1 aromatic carbocycles. The number of aromatic nitrogens is 1. The number of carbonyl (C=O) groups excluding carboxylic acids is 1. The summed E-state index contributed by atoms with van der Waals surface area (Å²) < 4.78 is 26.9. The maximum Gasteiger partial charge on any atom is 0.357 e. The maximum atomic E-state index is 12.8. The second kappa shape index (κ2) is 7.41. The summed E-state index contributed by atoms with van der Waals surface area (Å²) >= 11 is 0. The molecule has 0 spiro atoms. The Hall–Kier alpha value is -2.85. The number of H-pyrrole nitrogens is 1. The van der Waals surface area contributed by atoms with Crippen LogP contribution in [0.15, 0.2) is 47.5 Å². The minimum Gasteiger partial charge on any atom is -0.295 e. The molecule has 1 aromatic heterocycles. The number of hydrogen-bond acceptors (Lipinski definition) is 6. The van der Waals surface area contributed by atoms with Crippen molar-refractivity contribution in [2.75, 3.05) is 31.1 Å². The summed E-state index contributed by atoms with van der Waals surface area (Å²) in [4.78, 5) is 26.8. The van der Waals surface area contributed by atoms with E-state index in [-0.39, 0.29) is 29.5 Å². The average Bonchev–Trinajstić information content (AvgIpc) is 2.68. The number of pyridine rings is 1. The Bertz CT molecular complexity index is 967. The molecule has 0 bridgehead atoms. The minimum absolute atomic E-state index is 0.0476. The zero-order valence-corrected chi connectivity index (χ0v) is 15.5. The zero-order valence-electron chi connectivity index (χ0n) is 14.7. The highest BCUT2D eigenvalue weighted by Gasteiger charge is 2.35. The maximum absolute atomic E-state index is 12.8. The SMILES string of the molecule is CC(=O)c1ccc(S(=O)(=O)N2CCN(c3[nH+]cccc3[N+](=O)[O-])CC2)cc1. The molecule has 27 heavy (non-hydrogen) atoms. The summed E-state index contributed by atoms with van der Waals surface area (Å²) in [6, 6.07) is 8.79. The first-order chi connectivity index (χ1) is 12.8. The summed E-state index contributed by atoms with van der Waals surface area (Å²) in [6.07, 6.45) is 1.60. The van der Waals surface area contributed by atoms with Crippen LogP contribution in [0.25, 0.3) is 0 Å². The summed E-state index contributed by atoms with van der Waals surface area (Å²) in [6.45, 7) is 2.48. The zero-order chi connectivity index (χ0) is 19.6. The van der Waals surface area contributed by atoms with Crippen molar-refractivity contribution >= 4 is 27.3 Å². The molecule has 1 saturated heterocycles. The van der Waals surface area contributed by atoms with E-state index in [1.807, 2.05) is 0 Å². The fraction of sp³-hybridized carbons (Fsp3) is 0.294. The Balaban J connectivity index is 1.75. The lowest BCUT2D eigenvalue weighted by Crippen LogP contribution is -2.50. The number of ketones is 1. The average molecular weight is 391 g/mol. The topological polar surface area (TPSA) is 115 Å². The number of piperazine rings is 1. The Morgan fingerprint density at radius 1 is 1.11 bits per heavy atom. The Labute approximate surface area is 156 Å². The third kappa shape index (κ3) is 3.81. The van der Waals surface area contributed by atoms with Gasteiger partial charge in [-0.2, -0.15) is 4.31 Å². The quantitative estimate of drug-likeness (QED) is 0.429. The van der Waals surface area contributed by atoms with E-state index in [2.05, 4.69) is 4.98 Å². The minimum atomic E-state index is -3.69. The van der Waals surface area contributed by atoms with Gasteiger partial charge in [0, 0.05) is 11.6 Å². The normalized spacial score (nSPS) is 15.5. The van der Waals surface area contributed by atoms with E-state index in [1.54, 1.807) is 17.2 Å². The lowest BCUT2D eigenvalue weighted by atomic mass is 10.2. The Kier molecular flexibility index (Phi) is 5.19. The number of nitrogens with one attached hydrogen (secondary N) is 1. The molecule has 1 aliphatic heterocycles. The number of sulfonamides is 1. The van der Waals surface area contributed by atoms with Gasteiger partial charge in [-0.3, -0.25) is 19.8 Å². The highest BCUT2D eigenvalue weighted by Crippen LogP contribution is 2.25. The van der Waals surface area contributed by atoms with Crippen LogP contribution < -0.4 is 9.88 Å². The second-order valence-corrected chi connectivity index (χ2v) is 8.07. The molecule has 0 saturated carbocycles. The van der Waals surface area contributed by atoms with Crippen LogP contribution in [0.4, 0.5) is 11.5 Å². The summed E-state index contributed by atoms with van der Waals surface area (Å²) in [5.41, 5.74) is 0.402. The van der Waals surface area contributed by atoms with Crippen LogP contribution in [0.1, 0.15) is 17.3 Å². The van der Waals surface area contributed by atoms with Crippen LogP contribution in [-0.4, -0.2) is 49.6 Å². The van der Waals surface area contributed by atoms with Crippen molar-refractivity contribution < 1.29 is 23.1 Å². The molecule has 1 aliphatic rings. The first kappa shape index (κ1) is 18.9. The number of hydrogen-bond donors (Lipinski definition) is 0. The molecule has 0 amide bonds. The number of nitro groups is 1. The number of benzene rings is 1. The van der Waals surface area contributed by atoms with Gasteiger partial charge < -0.3 is 0 Å². The van der Waals surface area contributed by atoms with Gasteiger partial charge in [0.25, 0.3) is 0 Å². The molecule has 1 fully saturated rings. The number of rotatable bonds is 5. The lowest BCUT2D eigenvalue weighted by Gasteiger charge is -2.30. The van der Waals surface area contributed by atoms with Crippen molar-refractivity contribution in [3.8, 4) is 0 Å². The molecule has 142 valence electrons. The van der Waals surface area contributed by atoms with Crippen molar-refractivity contribution in [2.24, 2.45) is 0 Å². The predicted molar refractivity (Wildman–Crippen MR) is 97.1 cm³/mol. The van der Waals surface area contributed by atoms with Crippen LogP contribution >= 0.6 is 0 Å². The third-order valence-electron chi connectivity index (χ3n) is 4.46. The van der Waals surface area contributed by atoms with Gasteiger partial charge in [0.2, 0.25) is 10.0 Å². The number of anilines is 1. The molecule has 9 nitrogen and oxygen atoms in total. The summed E-state index contributed by atoms with van der Waals surface area (Å²) in [5.74, 6) is 0.235. The predicted octanol–water partition coefficient (Wildman–Crippen LogP) is 1.12. The molecule has 0 unspecified atom stereocenters. The Morgan fingerprint density at radius 3 is 2.30 bits per heavy atom. The van der Waals surface area contributed by atoms with E-state index in [9.17, 15) is 23.3 Å². The van der Waals surface area contributed by atoms with Gasteiger partial charge in [-0.05, 0) is 25.1 Å². The number of Topliss-reactive ketones (excluding diaryl/α,β-unsaturated/α-hetero) is 1. The van der Waals surface area contributed by atoms with Crippen molar-refractivity contribution in [3.63, 3.8) is 0 Å². The number of aromatic amines is 1. The summed E-state index contributed by atoms with van der Waals surface area (Å²) in [5, 5.41) is 11.2. The molecule has 10 heteroatoms. The number of carbonyl (C=O) groups is 1. The van der Waals surface area contributed by atoms with Gasteiger partial charge in [-0.25, -0.2) is 13.4 Å². The molecule has 2 aromatic rings. The van der Waals surface area contributed by atoms with Gasteiger partial charge in [-0.1, -0.05) is 12.1 Å². The van der Waals surface area contributed by atoms with Gasteiger partial charge in [0.05, 0.1) is 42.2 Å². The van der Waals surface area contributed by atoms with Crippen molar-refractivity contribution in [1.82, 2.24) is 4.31 Å². The third-order valence-corrected chi connectivity index (χ3v) is 6.38. The monoisotopic (exact) mass is 391 g/mol. The lowest BCUT2D eigenvalue weighted by molar-refractivity contribution is -0.411. The van der Waals surface area contributed by atoms with Crippen LogP contribution in [0.2, 0.25) is 0 Å². The highest BCUT2D eigenvalue weighted by molar-refractivity contribution is 7.89. The Morgan fingerprint density at radius 2 is 1.74 bits per heavy atom. The van der Waals surface area contributed by atoms with Crippen molar-refractivity contribution in [3.05, 3.63) is 58.3 Å². The summed E-state index contributed by atoms with van der Waals surface area (Å²) in [7, 11) is -3.69. The van der Waals surface area contributed by atoms with E-state index in [4.69, 9.17) is 0 Å². The second-order valence-electron chi connectivity index (χ2n) is 6.13. The molecule has 0 aliphatic carbocycles.